The summed E-state index contributed by atoms with van der Waals surface area (Å²) in [7, 11) is 0. The molecule has 0 aliphatic rings. The molecule has 2 aromatic rings. The van der Waals surface area contributed by atoms with Gasteiger partial charge < -0.3 is 36.9 Å². The minimum Gasteiger partial charge on any atom is -0.480 e. The number of amides is 3. The number of nitrogens with two attached hydrogens (primary N) is 1. The average molecular weight is 522 g/mol. The summed E-state index contributed by atoms with van der Waals surface area (Å²) in [5.41, 5.74) is 7.98. The van der Waals surface area contributed by atoms with Crippen LogP contribution in [0, 0.1) is 5.92 Å². The zero-order chi connectivity index (χ0) is 26.8. The second-order valence-corrected chi connectivity index (χ2v) is 9.81. The molecule has 1 aromatic carbocycles. The molecule has 198 valence electrons. The molecule has 4 atom stereocenters. The van der Waals surface area contributed by atoms with E-state index in [2.05, 4.69) is 20.9 Å². The van der Waals surface area contributed by atoms with Gasteiger partial charge in [-0.15, -0.1) is 0 Å². The highest BCUT2D eigenvalue weighted by Gasteiger charge is 2.31. The number of hydrogen-bond donors (Lipinski definition) is 7. The van der Waals surface area contributed by atoms with Crippen molar-refractivity contribution < 1.29 is 29.4 Å². The van der Waals surface area contributed by atoms with Gasteiger partial charge in [-0.2, -0.15) is 11.8 Å². The lowest BCUT2D eigenvalue weighted by molar-refractivity contribution is -0.143. The number of H-pyrrole nitrogens is 1. The third kappa shape index (κ3) is 7.97. The monoisotopic (exact) mass is 521 g/mol. The fourth-order valence-electron chi connectivity index (χ4n) is 3.65. The zero-order valence-electron chi connectivity index (χ0n) is 20.6. The summed E-state index contributed by atoms with van der Waals surface area (Å²) < 4.78 is 0. The van der Waals surface area contributed by atoms with E-state index in [4.69, 9.17) is 10.8 Å². The molecule has 11 nitrogen and oxygen atoms in total. The first-order valence-electron chi connectivity index (χ1n) is 11.6. The van der Waals surface area contributed by atoms with Crippen LogP contribution in [0.1, 0.15) is 25.8 Å². The molecule has 0 saturated carbocycles. The summed E-state index contributed by atoms with van der Waals surface area (Å²) >= 11 is 1.50. The van der Waals surface area contributed by atoms with Gasteiger partial charge in [-0.3, -0.25) is 14.4 Å². The number of aliphatic hydroxyl groups is 1. The molecule has 0 saturated heterocycles. The number of aromatic amines is 1. The Balaban J connectivity index is 2.08. The Hall–Kier alpha value is -3.09. The molecule has 3 amide bonds. The third-order valence-electron chi connectivity index (χ3n) is 5.74. The number of thioether (sulfide) groups is 1. The van der Waals surface area contributed by atoms with E-state index in [9.17, 15) is 24.3 Å². The summed E-state index contributed by atoms with van der Waals surface area (Å²) in [6.45, 7) is 2.58. The van der Waals surface area contributed by atoms with Gasteiger partial charge in [0.15, 0.2) is 0 Å². The van der Waals surface area contributed by atoms with Crippen LogP contribution in [0.15, 0.2) is 30.5 Å². The maximum Gasteiger partial charge on any atom is 0.328 e. The lowest BCUT2D eigenvalue weighted by Gasteiger charge is -2.26. The van der Waals surface area contributed by atoms with Crippen LogP contribution in [0.5, 0.6) is 0 Å². The maximum absolute atomic E-state index is 13.1. The number of benzene rings is 1. The van der Waals surface area contributed by atoms with Gasteiger partial charge in [-0.05, 0) is 42.4 Å². The van der Waals surface area contributed by atoms with Crippen molar-refractivity contribution in [3.05, 3.63) is 36.0 Å². The molecule has 1 heterocycles. The first-order valence-corrected chi connectivity index (χ1v) is 13.0. The first-order chi connectivity index (χ1) is 17.1. The number of aliphatic carboxylic acids is 1. The van der Waals surface area contributed by atoms with Gasteiger partial charge >= 0.3 is 5.97 Å². The average Bonchev–Trinajstić information content (AvgIpc) is 3.25. The topological polar surface area (TPSA) is 187 Å². The number of carbonyl (C=O) groups is 4. The van der Waals surface area contributed by atoms with E-state index < -0.39 is 54.5 Å². The normalized spacial score (nSPS) is 14.6. The number of hydrogen-bond acceptors (Lipinski definition) is 7. The second kappa shape index (κ2) is 13.9. The quantitative estimate of drug-likeness (QED) is 0.181. The van der Waals surface area contributed by atoms with Crippen LogP contribution in [0.2, 0.25) is 0 Å². The van der Waals surface area contributed by atoms with E-state index in [0.29, 0.717) is 12.2 Å². The zero-order valence-corrected chi connectivity index (χ0v) is 21.4. The standard InChI is InChI=1S/C24H35N5O6S/c1-13(2)20(23(33)28-19(12-30)24(34)35)29-22(32)18(8-9-36-3)27-21(31)16(25)10-14-11-26-17-7-5-4-6-15(14)17/h4-7,11,13,16,18-20,26,30H,8-10,12,25H2,1-3H3,(H,27,31)(H,28,33)(H,29,32)(H,34,35). The van der Waals surface area contributed by atoms with Crippen LogP contribution in [0.25, 0.3) is 10.9 Å². The summed E-state index contributed by atoms with van der Waals surface area (Å²) in [6, 6.07) is 3.25. The van der Waals surface area contributed by atoms with Gasteiger partial charge in [0.05, 0.1) is 12.6 Å². The van der Waals surface area contributed by atoms with E-state index in [1.165, 1.54) is 11.8 Å². The van der Waals surface area contributed by atoms with Gasteiger partial charge in [0.25, 0.3) is 0 Å². The number of aliphatic hydroxyl groups excluding tert-OH is 1. The van der Waals surface area contributed by atoms with Crippen LogP contribution < -0.4 is 21.7 Å². The van der Waals surface area contributed by atoms with Crippen molar-refractivity contribution >= 4 is 46.4 Å². The third-order valence-corrected chi connectivity index (χ3v) is 6.38. The molecule has 36 heavy (non-hydrogen) atoms. The van der Waals surface area contributed by atoms with Gasteiger partial charge in [-0.1, -0.05) is 32.0 Å². The Bertz CT molecular complexity index is 1060. The van der Waals surface area contributed by atoms with Gasteiger partial charge in [-0.25, -0.2) is 4.79 Å². The number of rotatable bonds is 14. The van der Waals surface area contributed by atoms with Gasteiger partial charge in [0.1, 0.15) is 18.1 Å². The van der Waals surface area contributed by atoms with Crippen LogP contribution in [0.4, 0.5) is 0 Å². The predicted octanol–water partition coefficient (Wildman–Crippen LogP) is -0.0219. The van der Waals surface area contributed by atoms with E-state index in [-0.39, 0.29) is 12.3 Å². The Morgan fingerprint density at radius 2 is 1.69 bits per heavy atom. The highest BCUT2D eigenvalue weighted by Crippen LogP contribution is 2.19. The fourth-order valence-corrected chi connectivity index (χ4v) is 4.12. The van der Waals surface area contributed by atoms with E-state index in [1.54, 1.807) is 20.0 Å². The number of carboxylic acids is 1. The first kappa shape index (κ1) is 29.1. The van der Waals surface area contributed by atoms with Crippen molar-refractivity contribution in [3.63, 3.8) is 0 Å². The number of carbonyl (C=O) groups excluding carboxylic acids is 3. The van der Waals surface area contributed by atoms with Crippen molar-refractivity contribution in [1.29, 1.82) is 0 Å². The molecule has 0 aliphatic carbocycles. The number of nitrogens with one attached hydrogen (secondary N) is 4. The molecule has 8 N–H and O–H groups in total. The Morgan fingerprint density at radius 1 is 1.03 bits per heavy atom. The molecule has 0 spiro atoms. The summed E-state index contributed by atoms with van der Waals surface area (Å²) in [5, 5.41) is 26.8. The summed E-state index contributed by atoms with van der Waals surface area (Å²) in [5.74, 6) is -3.04. The van der Waals surface area contributed by atoms with Gasteiger partial charge in [0, 0.05) is 17.1 Å². The molecule has 2 rings (SSSR count). The van der Waals surface area contributed by atoms with Crippen LogP contribution in [0.3, 0.4) is 0 Å². The second-order valence-electron chi connectivity index (χ2n) is 8.83. The lowest BCUT2D eigenvalue weighted by Crippen LogP contribution is -2.59. The molecule has 4 unspecified atom stereocenters. The van der Waals surface area contributed by atoms with Crippen molar-refractivity contribution in [1.82, 2.24) is 20.9 Å². The van der Waals surface area contributed by atoms with E-state index >= 15 is 0 Å². The van der Waals surface area contributed by atoms with Crippen molar-refractivity contribution in [3.8, 4) is 0 Å². The predicted molar refractivity (Wildman–Crippen MR) is 138 cm³/mol. The van der Waals surface area contributed by atoms with Crippen molar-refractivity contribution in [2.24, 2.45) is 11.7 Å². The molecule has 12 heteroatoms. The summed E-state index contributed by atoms with van der Waals surface area (Å²) in [6.07, 6.45) is 4.24. The molecule has 0 aliphatic heterocycles. The van der Waals surface area contributed by atoms with Crippen molar-refractivity contribution in [2.75, 3.05) is 18.6 Å². The SMILES string of the molecule is CSCCC(NC(=O)C(N)Cc1c[nH]c2ccccc12)C(=O)NC(C(=O)NC(CO)C(=O)O)C(C)C. The van der Waals surface area contributed by atoms with Crippen LogP contribution in [-0.2, 0) is 25.6 Å². The largest absolute Gasteiger partial charge is 0.480 e. The minimum atomic E-state index is -1.50. The fraction of sp³-hybridized carbons (Fsp3) is 0.500. The van der Waals surface area contributed by atoms with E-state index in [1.807, 2.05) is 30.5 Å². The maximum atomic E-state index is 13.1. The van der Waals surface area contributed by atoms with Gasteiger partial charge in [0.2, 0.25) is 17.7 Å². The molecule has 0 radical (unpaired) electrons. The number of aromatic nitrogens is 1. The van der Waals surface area contributed by atoms with Crippen LogP contribution in [-0.4, -0.2) is 81.7 Å². The smallest absolute Gasteiger partial charge is 0.328 e. The number of para-hydroxylation sites is 1. The highest BCUT2D eigenvalue weighted by molar-refractivity contribution is 7.98. The molecule has 0 bridgehead atoms. The molecule has 0 fully saturated rings. The molecule has 1 aromatic heterocycles. The van der Waals surface area contributed by atoms with Crippen LogP contribution >= 0.6 is 11.8 Å². The van der Waals surface area contributed by atoms with Crippen molar-refractivity contribution in [2.45, 2.75) is 50.9 Å². The minimum absolute atomic E-state index is 0.265. The Labute approximate surface area is 214 Å². The molecular formula is C24H35N5O6S. The Morgan fingerprint density at radius 3 is 2.31 bits per heavy atom. The highest BCUT2D eigenvalue weighted by atomic mass is 32.2. The lowest BCUT2D eigenvalue weighted by atomic mass is 10.0. The summed E-state index contributed by atoms with van der Waals surface area (Å²) in [4.78, 5) is 52.9. The number of carboxylic acid groups (broad SMARTS) is 1. The number of fused-ring (bicyclic) bond motifs is 1. The van der Waals surface area contributed by atoms with E-state index in [0.717, 1.165) is 16.5 Å². The Kier molecular flexibility index (Phi) is 11.2. The molecular weight excluding hydrogens is 486 g/mol.